The van der Waals surface area contributed by atoms with E-state index >= 15 is 0 Å². The van der Waals surface area contributed by atoms with E-state index in [9.17, 15) is 28.9 Å². The van der Waals surface area contributed by atoms with Gasteiger partial charge in [-0.3, -0.25) is 23.4 Å². The number of carbonyl (C=O) groups is 3. The minimum Gasteiger partial charge on any atom is -0.462 e. The predicted octanol–water partition coefficient (Wildman–Crippen LogP) is 21.0. The quantitative estimate of drug-likeness (QED) is 0.0197. The summed E-state index contributed by atoms with van der Waals surface area (Å²) >= 11 is 0. The Morgan fingerprint density at radius 1 is 0.354 bits per heavy atom. The first-order chi connectivity index (χ1) is 40.2. The zero-order valence-corrected chi connectivity index (χ0v) is 54.1. The molecule has 0 rings (SSSR count). The molecule has 3 atom stereocenters. The predicted molar refractivity (Wildman–Crippen MR) is 344 cm³/mol. The van der Waals surface area contributed by atoms with Crippen LogP contribution in [-0.2, 0) is 42.2 Å². The molecule has 0 amide bonds. The molecule has 12 heteroatoms. The number of rotatable bonds is 64. The van der Waals surface area contributed by atoms with Gasteiger partial charge in [0.15, 0.2) is 6.10 Å². The number of phosphoric acid groups is 1. The minimum atomic E-state index is -4.76. The maximum atomic E-state index is 13.0. The average molecular weight is 1180 g/mol. The molecule has 3 unspecified atom stereocenters. The lowest BCUT2D eigenvalue weighted by Crippen LogP contribution is -2.30. The molecule has 0 aromatic carbocycles. The van der Waals surface area contributed by atoms with Gasteiger partial charge >= 0.3 is 25.7 Å². The Balaban J connectivity index is 4.67. The second-order valence-electron chi connectivity index (χ2n) is 23.0. The van der Waals surface area contributed by atoms with E-state index in [0.717, 1.165) is 103 Å². The van der Waals surface area contributed by atoms with Gasteiger partial charge in [0, 0.05) is 19.3 Å². The number of aliphatic hydroxyl groups is 1. The highest BCUT2D eigenvalue weighted by molar-refractivity contribution is 7.47. The summed E-state index contributed by atoms with van der Waals surface area (Å²) in [5, 5.41) is 9.87. The number of esters is 3. The van der Waals surface area contributed by atoms with Gasteiger partial charge in [-0.05, 0) is 83.5 Å². The van der Waals surface area contributed by atoms with Crippen LogP contribution in [0.1, 0.15) is 329 Å². The lowest BCUT2D eigenvalue weighted by Gasteiger charge is -2.21. The molecule has 2 N–H and O–H groups in total. The molecule has 478 valence electrons. The smallest absolute Gasteiger partial charge is 0.462 e. The molecular formula is C70H127O11P. The standard InChI is InChI=1S/C70H127O11P/c1-4-7-10-13-16-19-22-25-28-31-33-36-38-41-44-47-50-53-56-59-68(72)77-63-67(81-70(74)61-58-55-52-49-46-43-40-37-34-32-29-26-23-20-17-14-11-8-5-2)65-79-82(75,76)78-64-66(62-71)80-69(73)60-57-54-51-48-45-42-39-35-30-27-24-21-18-15-12-9-6-3/h9,12,17-18,20-21,26-27,29-30,66-67,71H,4-8,10-11,13-16,19,22-25,28,31-65H2,1-3H3,(H,75,76)/b12-9-,20-17-,21-18-,29-26-,30-27-. The van der Waals surface area contributed by atoms with Gasteiger partial charge in [-0.2, -0.15) is 0 Å². The van der Waals surface area contributed by atoms with Crippen LogP contribution in [0.25, 0.3) is 0 Å². The molecule has 0 aliphatic heterocycles. The van der Waals surface area contributed by atoms with Gasteiger partial charge in [0.05, 0.1) is 19.8 Å². The lowest BCUT2D eigenvalue weighted by molar-refractivity contribution is -0.161. The van der Waals surface area contributed by atoms with E-state index in [1.54, 1.807) is 0 Å². The SMILES string of the molecule is CC/C=C\C/C=C\C/C=C\CCCCCCCCCC(=O)OC(CO)COP(=O)(O)OCC(COC(=O)CCCCCCCCCCCCCCCCCCCCC)OC(=O)CCCCCCCCCCC/C=C\C/C=C\CCCCC. The zero-order valence-electron chi connectivity index (χ0n) is 53.2. The minimum absolute atomic E-state index is 0.164. The summed E-state index contributed by atoms with van der Waals surface area (Å²) in [5.74, 6) is -1.46. The molecule has 0 spiro atoms. The van der Waals surface area contributed by atoms with Gasteiger partial charge in [0.2, 0.25) is 0 Å². The van der Waals surface area contributed by atoms with Gasteiger partial charge in [0.25, 0.3) is 0 Å². The normalized spacial score (nSPS) is 13.6. The maximum Gasteiger partial charge on any atom is 0.472 e. The summed E-state index contributed by atoms with van der Waals surface area (Å²) in [5.41, 5.74) is 0. The third-order valence-electron chi connectivity index (χ3n) is 14.9. The van der Waals surface area contributed by atoms with Crippen molar-refractivity contribution in [1.82, 2.24) is 0 Å². The van der Waals surface area contributed by atoms with Crippen LogP contribution in [0.5, 0.6) is 0 Å². The molecule has 82 heavy (non-hydrogen) atoms. The van der Waals surface area contributed by atoms with E-state index in [-0.39, 0.29) is 25.9 Å². The van der Waals surface area contributed by atoms with Crippen molar-refractivity contribution in [3.63, 3.8) is 0 Å². The molecule has 0 aliphatic carbocycles. The fraction of sp³-hybridized carbons (Fsp3) is 0.814. The van der Waals surface area contributed by atoms with Gasteiger partial charge in [-0.25, -0.2) is 4.57 Å². The molecule has 0 aromatic heterocycles. The first kappa shape index (κ1) is 79.2. The van der Waals surface area contributed by atoms with Crippen LogP contribution in [0.4, 0.5) is 0 Å². The number of phosphoric ester groups is 1. The summed E-state index contributed by atoms with van der Waals surface area (Å²) in [6.07, 6.45) is 73.1. The molecule has 0 heterocycles. The van der Waals surface area contributed by atoms with Gasteiger partial charge in [-0.1, -0.05) is 287 Å². The maximum absolute atomic E-state index is 13.0. The Labute approximate surface area is 504 Å². The number of unbranched alkanes of at least 4 members (excludes halogenated alkanes) is 37. The average Bonchev–Trinajstić information content (AvgIpc) is 3.49. The van der Waals surface area contributed by atoms with Crippen LogP contribution in [0.2, 0.25) is 0 Å². The molecule has 0 saturated carbocycles. The Bertz CT molecular complexity index is 1610. The second kappa shape index (κ2) is 64.2. The second-order valence-corrected chi connectivity index (χ2v) is 24.4. The highest BCUT2D eigenvalue weighted by Gasteiger charge is 2.28. The topological polar surface area (TPSA) is 155 Å². The summed E-state index contributed by atoms with van der Waals surface area (Å²) in [7, 11) is -4.76. The van der Waals surface area contributed by atoms with Crippen molar-refractivity contribution in [2.75, 3.05) is 26.4 Å². The molecule has 11 nitrogen and oxygen atoms in total. The largest absolute Gasteiger partial charge is 0.472 e. The van der Waals surface area contributed by atoms with E-state index in [1.165, 1.54) is 167 Å². The van der Waals surface area contributed by atoms with E-state index in [1.807, 2.05) is 0 Å². The third kappa shape index (κ3) is 61.7. The first-order valence-corrected chi connectivity index (χ1v) is 35.7. The number of allylic oxidation sites excluding steroid dienone is 10. The van der Waals surface area contributed by atoms with Crippen LogP contribution >= 0.6 is 7.82 Å². The van der Waals surface area contributed by atoms with Crippen molar-refractivity contribution >= 4 is 25.7 Å². The monoisotopic (exact) mass is 1170 g/mol. The summed E-state index contributed by atoms with van der Waals surface area (Å²) < 4.78 is 39.8. The zero-order chi connectivity index (χ0) is 59.8. The van der Waals surface area contributed by atoms with Gasteiger partial charge in [-0.15, -0.1) is 0 Å². The van der Waals surface area contributed by atoms with Gasteiger partial charge in [0.1, 0.15) is 12.7 Å². The van der Waals surface area contributed by atoms with Crippen molar-refractivity contribution in [3.8, 4) is 0 Å². The number of hydrogen-bond acceptors (Lipinski definition) is 10. The van der Waals surface area contributed by atoms with Crippen molar-refractivity contribution in [2.24, 2.45) is 0 Å². The highest BCUT2D eigenvalue weighted by Crippen LogP contribution is 2.43. The van der Waals surface area contributed by atoms with E-state index in [0.29, 0.717) is 19.3 Å². The molecule has 0 aromatic rings. The van der Waals surface area contributed by atoms with Crippen LogP contribution in [0.15, 0.2) is 60.8 Å². The first-order valence-electron chi connectivity index (χ1n) is 34.2. The van der Waals surface area contributed by atoms with Crippen molar-refractivity contribution in [3.05, 3.63) is 60.8 Å². The molecular weight excluding hydrogens is 1050 g/mol. The number of carbonyl (C=O) groups excluding carboxylic acids is 3. The van der Waals surface area contributed by atoms with Crippen molar-refractivity contribution in [2.45, 2.75) is 341 Å². The van der Waals surface area contributed by atoms with Crippen LogP contribution in [0.3, 0.4) is 0 Å². The molecule has 0 aliphatic rings. The highest BCUT2D eigenvalue weighted by atomic mass is 31.2. The molecule has 0 fully saturated rings. The Hall–Kier alpha value is -2.82. The van der Waals surface area contributed by atoms with Crippen molar-refractivity contribution < 1.29 is 52.2 Å². The fourth-order valence-electron chi connectivity index (χ4n) is 9.76. The van der Waals surface area contributed by atoms with Crippen molar-refractivity contribution in [1.29, 1.82) is 0 Å². The number of ether oxygens (including phenoxy) is 3. The fourth-order valence-corrected chi connectivity index (χ4v) is 10.5. The lowest BCUT2D eigenvalue weighted by atomic mass is 10.0. The van der Waals surface area contributed by atoms with E-state index < -0.39 is 57.8 Å². The summed E-state index contributed by atoms with van der Waals surface area (Å²) in [6, 6.07) is 0. The number of aliphatic hydroxyl groups excluding tert-OH is 1. The van der Waals surface area contributed by atoms with Crippen LogP contribution in [-0.4, -0.2) is 66.5 Å². The van der Waals surface area contributed by atoms with E-state index in [2.05, 4.69) is 81.5 Å². The summed E-state index contributed by atoms with van der Waals surface area (Å²) in [6.45, 7) is 4.57. The Morgan fingerprint density at radius 2 is 0.634 bits per heavy atom. The third-order valence-corrected chi connectivity index (χ3v) is 15.9. The van der Waals surface area contributed by atoms with Crippen LogP contribution in [0, 0.1) is 0 Å². The molecule has 0 radical (unpaired) electrons. The van der Waals surface area contributed by atoms with Crippen LogP contribution < -0.4 is 0 Å². The summed E-state index contributed by atoms with van der Waals surface area (Å²) in [4.78, 5) is 48.9. The molecule has 0 bridgehead atoms. The van der Waals surface area contributed by atoms with E-state index in [4.69, 9.17) is 23.3 Å². The number of hydrogen-bond donors (Lipinski definition) is 2. The Morgan fingerprint density at radius 3 is 1.00 bits per heavy atom. The van der Waals surface area contributed by atoms with Gasteiger partial charge < -0.3 is 24.2 Å². The molecule has 0 saturated heterocycles. The Kier molecular flexibility index (Phi) is 62.0.